The summed E-state index contributed by atoms with van der Waals surface area (Å²) in [5.41, 5.74) is 3.45. The Morgan fingerprint density at radius 1 is 0.967 bits per heavy atom. The predicted octanol–water partition coefficient (Wildman–Crippen LogP) is 3.98. The van der Waals surface area contributed by atoms with Crippen LogP contribution in [0.4, 0.5) is 11.4 Å². The van der Waals surface area contributed by atoms with Gasteiger partial charge in [0.25, 0.3) is 17.7 Å². The number of benzene rings is 2. The molecule has 0 radical (unpaired) electrons. The van der Waals surface area contributed by atoms with E-state index in [9.17, 15) is 14.4 Å². The Morgan fingerprint density at radius 3 is 2.30 bits per heavy atom. The van der Waals surface area contributed by atoms with E-state index in [2.05, 4.69) is 5.32 Å². The molecule has 0 aromatic heterocycles. The number of imide groups is 1. The fourth-order valence-corrected chi connectivity index (χ4v) is 3.95. The highest BCUT2D eigenvalue weighted by Crippen LogP contribution is 2.32. The quantitative estimate of drug-likeness (QED) is 0.755. The van der Waals surface area contributed by atoms with Crippen LogP contribution in [-0.4, -0.2) is 35.7 Å². The van der Waals surface area contributed by atoms with Gasteiger partial charge in [0, 0.05) is 24.3 Å². The van der Waals surface area contributed by atoms with Gasteiger partial charge >= 0.3 is 0 Å². The van der Waals surface area contributed by atoms with E-state index in [4.69, 9.17) is 11.6 Å². The molecule has 4 rings (SSSR count). The number of aryl methyl sites for hydroxylation is 2. The Hall–Kier alpha value is -3.12. The van der Waals surface area contributed by atoms with Crippen molar-refractivity contribution < 1.29 is 14.4 Å². The van der Waals surface area contributed by atoms with Crippen LogP contribution in [0.15, 0.2) is 53.2 Å². The van der Waals surface area contributed by atoms with Crippen molar-refractivity contribution >= 4 is 40.7 Å². The minimum atomic E-state index is -0.557. The summed E-state index contributed by atoms with van der Waals surface area (Å²) in [5.74, 6) is -1.06. The molecule has 3 amide bonds. The number of hydrogen-bond acceptors (Lipinski definition) is 4. The second-order valence-electron chi connectivity index (χ2n) is 7.63. The number of anilines is 2. The monoisotopic (exact) mass is 423 g/mol. The normalized spacial score (nSPS) is 16.6. The van der Waals surface area contributed by atoms with Crippen molar-refractivity contribution in [2.45, 2.75) is 26.7 Å². The van der Waals surface area contributed by atoms with E-state index in [1.165, 1.54) is 0 Å². The largest absolute Gasteiger partial charge is 0.350 e. The number of likely N-dealkylation sites (tertiary alicyclic amines) is 1. The third-order valence-electron chi connectivity index (χ3n) is 5.43. The molecule has 30 heavy (non-hydrogen) atoms. The second-order valence-corrected chi connectivity index (χ2v) is 8.00. The van der Waals surface area contributed by atoms with Crippen molar-refractivity contribution in [1.82, 2.24) is 4.90 Å². The molecule has 0 unspecified atom stereocenters. The van der Waals surface area contributed by atoms with E-state index in [0.29, 0.717) is 16.9 Å². The SMILES string of the molecule is Cc1ccc(C)c(N2C(=O)C(Cl)=C(Nc3ccc(C(=O)N4CCCC4)cc3)C2=O)c1. The molecule has 0 saturated carbocycles. The number of amides is 3. The first-order chi connectivity index (χ1) is 14.4. The molecule has 1 fully saturated rings. The summed E-state index contributed by atoms with van der Waals surface area (Å²) in [6.45, 7) is 5.30. The number of carbonyl (C=O) groups excluding carboxylic acids is 3. The van der Waals surface area contributed by atoms with Gasteiger partial charge in [-0.3, -0.25) is 14.4 Å². The number of halogens is 1. The predicted molar refractivity (Wildman–Crippen MR) is 116 cm³/mol. The first-order valence-electron chi connectivity index (χ1n) is 9.89. The molecule has 7 heteroatoms. The highest BCUT2D eigenvalue weighted by atomic mass is 35.5. The fourth-order valence-electron chi connectivity index (χ4n) is 3.73. The van der Waals surface area contributed by atoms with Crippen molar-refractivity contribution in [2.24, 2.45) is 0 Å². The zero-order valence-corrected chi connectivity index (χ0v) is 17.6. The lowest BCUT2D eigenvalue weighted by molar-refractivity contribution is -0.120. The van der Waals surface area contributed by atoms with Crippen molar-refractivity contribution in [3.05, 3.63) is 69.9 Å². The third-order valence-corrected chi connectivity index (χ3v) is 5.78. The van der Waals surface area contributed by atoms with Crippen molar-refractivity contribution in [2.75, 3.05) is 23.3 Å². The molecule has 2 aliphatic rings. The van der Waals surface area contributed by atoms with Gasteiger partial charge in [-0.1, -0.05) is 23.7 Å². The van der Waals surface area contributed by atoms with Crippen LogP contribution in [0, 0.1) is 13.8 Å². The lowest BCUT2D eigenvalue weighted by Gasteiger charge is -2.18. The Labute approximate surface area is 180 Å². The highest BCUT2D eigenvalue weighted by molar-refractivity contribution is 6.53. The van der Waals surface area contributed by atoms with Crippen molar-refractivity contribution in [3.63, 3.8) is 0 Å². The summed E-state index contributed by atoms with van der Waals surface area (Å²) < 4.78 is 0. The average molecular weight is 424 g/mol. The summed E-state index contributed by atoms with van der Waals surface area (Å²) in [6.07, 6.45) is 2.07. The molecular weight excluding hydrogens is 402 g/mol. The van der Waals surface area contributed by atoms with Crippen LogP contribution >= 0.6 is 11.6 Å². The molecule has 0 bridgehead atoms. The summed E-state index contributed by atoms with van der Waals surface area (Å²) in [7, 11) is 0. The van der Waals surface area contributed by atoms with Crippen LogP contribution in [0.3, 0.4) is 0 Å². The third kappa shape index (κ3) is 3.59. The molecule has 1 saturated heterocycles. The summed E-state index contributed by atoms with van der Waals surface area (Å²) in [4.78, 5) is 41.1. The molecule has 1 N–H and O–H groups in total. The molecule has 6 nitrogen and oxygen atoms in total. The van der Waals surface area contributed by atoms with Gasteiger partial charge in [-0.25, -0.2) is 4.90 Å². The standard InChI is InChI=1S/C23H22ClN3O3/c1-14-5-6-15(2)18(13-14)27-22(29)19(24)20(23(27)30)25-17-9-7-16(8-10-17)21(28)26-11-3-4-12-26/h5-10,13,25H,3-4,11-12H2,1-2H3. The number of nitrogens with zero attached hydrogens (tertiary/aromatic N) is 2. The van der Waals surface area contributed by atoms with Crippen LogP contribution in [0.2, 0.25) is 0 Å². The van der Waals surface area contributed by atoms with Gasteiger partial charge in [0.2, 0.25) is 0 Å². The zero-order valence-electron chi connectivity index (χ0n) is 16.9. The van der Waals surface area contributed by atoms with Gasteiger partial charge in [0.05, 0.1) is 5.69 Å². The van der Waals surface area contributed by atoms with Crippen LogP contribution < -0.4 is 10.2 Å². The minimum Gasteiger partial charge on any atom is -0.350 e. The molecule has 2 heterocycles. The Bertz CT molecular complexity index is 1070. The molecule has 0 spiro atoms. The number of hydrogen-bond donors (Lipinski definition) is 1. The van der Waals surface area contributed by atoms with Crippen LogP contribution in [0.25, 0.3) is 0 Å². The van der Waals surface area contributed by atoms with Crippen LogP contribution in [-0.2, 0) is 9.59 Å². The van der Waals surface area contributed by atoms with Gasteiger partial charge < -0.3 is 10.2 Å². The minimum absolute atomic E-state index is 0.00418. The average Bonchev–Trinajstić information content (AvgIpc) is 3.34. The van der Waals surface area contributed by atoms with Gasteiger partial charge in [-0.2, -0.15) is 0 Å². The first-order valence-corrected chi connectivity index (χ1v) is 10.3. The van der Waals surface area contributed by atoms with Gasteiger partial charge in [0.15, 0.2) is 0 Å². The van der Waals surface area contributed by atoms with Crippen molar-refractivity contribution in [1.29, 1.82) is 0 Å². The Balaban J connectivity index is 1.54. The fraction of sp³-hybridized carbons (Fsp3) is 0.261. The van der Waals surface area contributed by atoms with Gasteiger partial charge in [-0.05, 0) is 68.1 Å². The Kier molecular flexibility index (Phi) is 5.35. The number of rotatable bonds is 4. The first kappa shape index (κ1) is 20.2. The van der Waals surface area contributed by atoms with Gasteiger partial charge in [0.1, 0.15) is 10.7 Å². The van der Waals surface area contributed by atoms with E-state index in [1.807, 2.05) is 30.9 Å². The zero-order chi connectivity index (χ0) is 21.4. The lowest BCUT2D eigenvalue weighted by atomic mass is 10.1. The molecule has 0 aliphatic carbocycles. The van der Waals surface area contributed by atoms with E-state index in [-0.39, 0.29) is 16.6 Å². The van der Waals surface area contributed by atoms with Gasteiger partial charge in [-0.15, -0.1) is 0 Å². The highest BCUT2D eigenvalue weighted by Gasteiger charge is 2.39. The molecule has 154 valence electrons. The smallest absolute Gasteiger partial charge is 0.283 e. The second kappa shape index (κ2) is 7.95. The Morgan fingerprint density at radius 2 is 1.63 bits per heavy atom. The lowest BCUT2D eigenvalue weighted by Crippen LogP contribution is -2.33. The topological polar surface area (TPSA) is 69.7 Å². The maximum Gasteiger partial charge on any atom is 0.283 e. The number of carbonyl (C=O) groups is 3. The van der Waals surface area contributed by atoms with E-state index < -0.39 is 11.8 Å². The van der Waals surface area contributed by atoms with E-state index >= 15 is 0 Å². The van der Waals surface area contributed by atoms with E-state index in [1.54, 1.807) is 30.3 Å². The van der Waals surface area contributed by atoms with Crippen LogP contribution in [0.1, 0.15) is 34.3 Å². The number of nitrogens with one attached hydrogen (secondary N) is 1. The maximum absolute atomic E-state index is 13.0. The summed E-state index contributed by atoms with van der Waals surface area (Å²) in [6, 6.07) is 12.4. The molecule has 0 atom stereocenters. The molecule has 2 aromatic rings. The maximum atomic E-state index is 13.0. The van der Waals surface area contributed by atoms with E-state index in [0.717, 1.165) is 42.0 Å². The van der Waals surface area contributed by atoms with Crippen molar-refractivity contribution in [3.8, 4) is 0 Å². The summed E-state index contributed by atoms with van der Waals surface area (Å²) >= 11 is 6.22. The molecule has 2 aromatic carbocycles. The van der Waals surface area contributed by atoms with Crippen LogP contribution in [0.5, 0.6) is 0 Å². The molecular formula is C23H22ClN3O3. The summed E-state index contributed by atoms with van der Waals surface area (Å²) in [5, 5.41) is 2.80. The molecule has 2 aliphatic heterocycles.